The number of pyridine rings is 2. The molecule has 1 saturated heterocycles. The van der Waals surface area contributed by atoms with Gasteiger partial charge in [-0.2, -0.15) is 0 Å². The quantitative estimate of drug-likeness (QED) is 0.742. The van der Waals surface area contributed by atoms with Crippen molar-refractivity contribution in [3.63, 3.8) is 0 Å². The number of nitrogens with zero attached hydrogens (tertiary/aromatic N) is 2. The monoisotopic (exact) mass is 391 g/mol. The lowest BCUT2D eigenvalue weighted by Gasteiger charge is -2.35. The molecule has 1 aliphatic rings. The van der Waals surface area contributed by atoms with Gasteiger partial charge < -0.3 is 14.6 Å². The highest BCUT2D eigenvalue weighted by Gasteiger charge is 2.30. The van der Waals surface area contributed by atoms with Crippen molar-refractivity contribution in [2.75, 3.05) is 6.61 Å². The van der Waals surface area contributed by atoms with E-state index in [2.05, 4.69) is 10.3 Å². The minimum absolute atomic E-state index is 0.0428. The Balaban J connectivity index is 1.70. The minimum atomic E-state index is -0.254. The first-order chi connectivity index (χ1) is 13.9. The Hall–Kier alpha value is -2.99. The zero-order chi connectivity index (χ0) is 20.4. The number of hydrogen-bond acceptors (Lipinski definition) is 4. The summed E-state index contributed by atoms with van der Waals surface area (Å²) < 4.78 is 7.31. The van der Waals surface area contributed by atoms with E-state index in [0.29, 0.717) is 29.5 Å². The number of nitrogens with one attached hydrogen (secondary N) is 1. The zero-order valence-corrected chi connectivity index (χ0v) is 16.7. The van der Waals surface area contributed by atoms with Crippen molar-refractivity contribution in [3.8, 4) is 0 Å². The molecule has 3 aromatic rings. The molecule has 1 aliphatic heterocycles. The maximum atomic E-state index is 13.2. The van der Waals surface area contributed by atoms with E-state index in [-0.39, 0.29) is 23.1 Å². The van der Waals surface area contributed by atoms with Gasteiger partial charge in [0.1, 0.15) is 0 Å². The van der Waals surface area contributed by atoms with Gasteiger partial charge in [0.25, 0.3) is 11.5 Å². The second-order valence-electron chi connectivity index (χ2n) is 8.11. The largest absolute Gasteiger partial charge is 0.375 e. The van der Waals surface area contributed by atoms with E-state index in [4.69, 9.17) is 4.74 Å². The van der Waals surface area contributed by atoms with Crippen molar-refractivity contribution in [2.24, 2.45) is 0 Å². The lowest BCUT2D eigenvalue weighted by molar-refractivity contribution is -0.0615. The van der Waals surface area contributed by atoms with Gasteiger partial charge in [-0.3, -0.25) is 14.6 Å². The molecule has 29 heavy (non-hydrogen) atoms. The molecular weight excluding hydrogens is 366 g/mol. The SMILES string of the molecule is CC1(C)CC(NC(=O)c2cn(Cc3ccccn3)c(=O)c3ccccc23)CCO1. The van der Waals surface area contributed by atoms with Gasteiger partial charge in [0, 0.05) is 35.8 Å². The third-order valence-electron chi connectivity index (χ3n) is 5.33. The third-order valence-corrected chi connectivity index (χ3v) is 5.33. The van der Waals surface area contributed by atoms with E-state index >= 15 is 0 Å². The second kappa shape index (κ2) is 7.79. The van der Waals surface area contributed by atoms with Crippen molar-refractivity contribution in [1.82, 2.24) is 14.9 Å². The fourth-order valence-corrected chi connectivity index (χ4v) is 3.93. The molecule has 1 atom stereocenters. The number of carbonyl (C=O) groups excluding carboxylic acids is 1. The van der Waals surface area contributed by atoms with Crippen LogP contribution in [0.4, 0.5) is 0 Å². The van der Waals surface area contributed by atoms with E-state index in [9.17, 15) is 9.59 Å². The average Bonchev–Trinajstić information content (AvgIpc) is 2.70. The number of carbonyl (C=O) groups is 1. The standard InChI is InChI=1S/C23H25N3O3/c1-23(2)13-16(10-12-29-23)25-21(27)20-15-26(14-17-7-5-6-11-24-17)22(28)19-9-4-3-8-18(19)20/h3-9,11,15-16H,10,12-14H2,1-2H3,(H,25,27). The fourth-order valence-electron chi connectivity index (χ4n) is 3.93. The summed E-state index contributed by atoms with van der Waals surface area (Å²) in [4.78, 5) is 30.4. The van der Waals surface area contributed by atoms with Gasteiger partial charge in [0.2, 0.25) is 0 Å². The smallest absolute Gasteiger partial charge is 0.258 e. The second-order valence-corrected chi connectivity index (χ2v) is 8.11. The molecule has 150 valence electrons. The topological polar surface area (TPSA) is 73.2 Å². The lowest BCUT2D eigenvalue weighted by Crippen LogP contribution is -2.46. The Morgan fingerprint density at radius 2 is 1.97 bits per heavy atom. The van der Waals surface area contributed by atoms with Crippen LogP contribution in [0.1, 0.15) is 42.7 Å². The molecule has 3 heterocycles. The summed E-state index contributed by atoms with van der Waals surface area (Å²) in [5.74, 6) is -0.168. The van der Waals surface area contributed by atoms with E-state index in [1.54, 1.807) is 23.0 Å². The van der Waals surface area contributed by atoms with Gasteiger partial charge in [0.05, 0.1) is 23.4 Å². The summed E-state index contributed by atoms with van der Waals surface area (Å²) in [7, 11) is 0. The van der Waals surface area contributed by atoms with Gasteiger partial charge in [-0.1, -0.05) is 24.3 Å². The first-order valence-corrected chi connectivity index (χ1v) is 9.90. The van der Waals surface area contributed by atoms with Crippen LogP contribution in [-0.2, 0) is 11.3 Å². The zero-order valence-electron chi connectivity index (χ0n) is 16.7. The van der Waals surface area contributed by atoms with Gasteiger partial charge >= 0.3 is 0 Å². The maximum Gasteiger partial charge on any atom is 0.258 e. The maximum absolute atomic E-state index is 13.2. The number of benzene rings is 1. The van der Waals surface area contributed by atoms with Crippen LogP contribution in [-0.4, -0.2) is 33.7 Å². The van der Waals surface area contributed by atoms with E-state index < -0.39 is 0 Å². The molecule has 2 aromatic heterocycles. The third kappa shape index (κ3) is 4.22. The lowest BCUT2D eigenvalue weighted by atomic mass is 9.93. The summed E-state index contributed by atoms with van der Waals surface area (Å²) in [5, 5.41) is 4.34. The van der Waals surface area contributed by atoms with Gasteiger partial charge in [0.15, 0.2) is 0 Å². The Labute approximate surface area is 169 Å². The predicted octanol–water partition coefficient (Wildman–Crippen LogP) is 3.13. The molecule has 0 saturated carbocycles. The molecule has 1 amide bonds. The summed E-state index contributed by atoms with van der Waals surface area (Å²) in [6, 6.07) is 12.9. The van der Waals surface area contributed by atoms with Crippen LogP contribution in [0, 0.1) is 0 Å². The van der Waals surface area contributed by atoms with Crippen LogP contribution in [0.3, 0.4) is 0 Å². The molecule has 6 heteroatoms. The first-order valence-electron chi connectivity index (χ1n) is 9.90. The normalized spacial score (nSPS) is 18.5. The van der Waals surface area contributed by atoms with Crippen LogP contribution in [0.15, 0.2) is 59.7 Å². The minimum Gasteiger partial charge on any atom is -0.375 e. The predicted molar refractivity (Wildman–Crippen MR) is 112 cm³/mol. The number of hydrogen-bond donors (Lipinski definition) is 1. The van der Waals surface area contributed by atoms with Gasteiger partial charge in [-0.05, 0) is 44.9 Å². The Morgan fingerprint density at radius 3 is 2.69 bits per heavy atom. The Bertz CT molecular complexity index is 1090. The molecule has 6 nitrogen and oxygen atoms in total. The number of aromatic nitrogens is 2. The molecule has 0 radical (unpaired) electrons. The van der Waals surface area contributed by atoms with E-state index in [0.717, 1.165) is 18.5 Å². The van der Waals surface area contributed by atoms with Crippen molar-refractivity contribution in [3.05, 3.63) is 76.5 Å². The molecule has 0 bridgehead atoms. The molecule has 1 N–H and O–H groups in total. The van der Waals surface area contributed by atoms with Crippen LogP contribution in [0.2, 0.25) is 0 Å². The number of rotatable bonds is 4. The molecule has 0 spiro atoms. The molecule has 1 aromatic carbocycles. The highest BCUT2D eigenvalue weighted by atomic mass is 16.5. The number of ether oxygens (including phenoxy) is 1. The van der Waals surface area contributed by atoms with Crippen LogP contribution < -0.4 is 10.9 Å². The van der Waals surface area contributed by atoms with Crippen molar-refractivity contribution < 1.29 is 9.53 Å². The van der Waals surface area contributed by atoms with E-state index in [1.807, 2.05) is 50.2 Å². The summed E-state index contributed by atoms with van der Waals surface area (Å²) in [5.41, 5.74) is 0.883. The summed E-state index contributed by atoms with van der Waals surface area (Å²) in [6.07, 6.45) is 4.88. The number of amides is 1. The summed E-state index contributed by atoms with van der Waals surface area (Å²) >= 11 is 0. The number of fused-ring (bicyclic) bond motifs is 1. The van der Waals surface area contributed by atoms with E-state index in [1.165, 1.54) is 0 Å². The highest BCUT2D eigenvalue weighted by molar-refractivity contribution is 6.06. The van der Waals surface area contributed by atoms with Gasteiger partial charge in [-0.15, -0.1) is 0 Å². The summed E-state index contributed by atoms with van der Waals surface area (Å²) in [6.45, 7) is 5.01. The molecule has 1 fully saturated rings. The van der Waals surface area contributed by atoms with Crippen molar-refractivity contribution in [2.45, 2.75) is 44.9 Å². The van der Waals surface area contributed by atoms with Crippen molar-refractivity contribution >= 4 is 16.7 Å². The molecule has 4 rings (SSSR count). The van der Waals surface area contributed by atoms with Crippen LogP contribution in [0.5, 0.6) is 0 Å². The highest BCUT2D eigenvalue weighted by Crippen LogP contribution is 2.24. The van der Waals surface area contributed by atoms with Crippen LogP contribution in [0.25, 0.3) is 10.8 Å². The Morgan fingerprint density at radius 1 is 1.21 bits per heavy atom. The molecular formula is C23H25N3O3. The molecule has 0 aliphatic carbocycles. The molecule has 1 unspecified atom stereocenters. The first kappa shape index (κ1) is 19.3. The van der Waals surface area contributed by atoms with Crippen LogP contribution >= 0.6 is 0 Å². The fraction of sp³-hybridized carbons (Fsp3) is 0.348. The van der Waals surface area contributed by atoms with Gasteiger partial charge in [-0.25, -0.2) is 0 Å². The average molecular weight is 391 g/mol. The van der Waals surface area contributed by atoms with Crippen molar-refractivity contribution in [1.29, 1.82) is 0 Å². The Kier molecular flexibility index (Phi) is 5.20.